The Morgan fingerprint density at radius 3 is 2.80 bits per heavy atom. The second-order valence-corrected chi connectivity index (χ2v) is 7.71. The van der Waals surface area contributed by atoms with Gasteiger partial charge < -0.3 is 10.2 Å². The lowest BCUT2D eigenvalue weighted by molar-refractivity contribution is 0.202. The van der Waals surface area contributed by atoms with E-state index in [1.54, 1.807) is 17.3 Å². The lowest BCUT2D eigenvalue weighted by atomic mass is 9.94. The molecule has 6 heteroatoms. The molecule has 20 heavy (non-hydrogen) atoms. The third-order valence-electron chi connectivity index (χ3n) is 4.65. The van der Waals surface area contributed by atoms with Crippen LogP contribution >= 0.6 is 0 Å². The minimum Gasteiger partial charge on any atom is -0.464 e. The number of hydrogen-bond acceptors (Lipinski definition) is 4. The first kappa shape index (κ1) is 14.1. The van der Waals surface area contributed by atoms with E-state index in [1.807, 2.05) is 0 Å². The van der Waals surface area contributed by atoms with Crippen LogP contribution in [-0.2, 0) is 16.6 Å². The highest BCUT2D eigenvalue weighted by atomic mass is 32.2. The molecule has 3 rings (SSSR count). The molecule has 1 saturated heterocycles. The van der Waals surface area contributed by atoms with Crippen molar-refractivity contribution < 1.29 is 12.8 Å². The first-order valence-electron chi connectivity index (χ1n) is 7.35. The number of nitrogens with zero attached hydrogens (tertiary/aromatic N) is 1. The minimum atomic E-state index is -3.45. The predicted molar refractivity (Wildman–Crippen MR) is 75.6 cm³/mol. The molecule has 0 spiro atoms. The fourth-order valence-corrected chi connectivity index (χ4v) is 5.66. The largest absolute Gasteiger partial charge is 0.464 e. The van der Waals surface area contributed by atoms with Crippen LogP contribution in [0.3, 0.4) is 0 Å². The summed E-state index contributed by atoms with van der Waals surface area (Å²) in [6, 6.07) is 1.77. The minimum absolute atomic E-state index is 0.185. The monoisotopic (exact) mass is 298 g/mol. The molecule has 2 N–H and O–H groups in total. The maximum absolute atomic E-state index is 12.9. The number of piperidine rings is 1. The summed E-state index contributed by atoms with van der Waals surface area (Å²) >= 11 is 0. The fraction of sp³-hybridized carbons (Fsp3) is 0.714. The van der Waals surface area contributed by atoms with Crippen molar-refractivity contribution in [2.45, 2.75) is 56.5 Å². The third-order valence-corrected chi connectivity index (χ3v) is 6.69. The number of rotatable bonds is 3. The van der Waals surface area contributed by atoms with E-state index in [1.165, 1.54) is 0 Å². The summed E-state index contributed by atoms with van der Waals surface area (Å²) in [5.41, 5.74) is 5.54. The fourth-order valence-electron chi connectivity index (χ4n) is 3.71. The molecule has 2 atom stereocenters. The van der Waals surface area contributed by atoms with Crippen LogP contribution in [0.15, 0.2) is 15.4 Å². The van der Waals surface area contributed by atoms with Crippen molar-refractivity contribution in [3.05, 3.63) is 17.6 Å². The zero-order chi connectivity index (χ0) is 14.3. The average Bonchev–Trinajstić information content (AvgIpc) is 3.03. The number of aryl methyl sites for hydroxylation is 1. The molecule has 0 radical (unpaired) electrons. The summed E-state index contributed by atoms with van der Waals surface area (Å²) in [5.74, 6) is 1.52. The molecule has 112 valence electrons. The first-order chi connectivity index (χ1) is 9.54. The molecule has 5 nitrogen and oxygen atoms in total. The molecule has 2 fully saturated rings. The van der Waals surface area contributed by atoms with Crippen molar-refractivity contribution in [2.75, 3.05) is 6.54 Å². The van der Waals surface area contributed by atoms with Crippen LogP contribution in [-0.4, -0.2) is 25.3 Å². The molecule has 2 aliphatic rings. The van der Waals surface area contributed by atoms with Gasteiger partial charge >= 0.3 is 0 Å². The summed E-state index contributed by atoms with van der Waals surface area (Å²) in [6.45, 7) is 2.55. The van der Waals surface area contributed by atoms with Crippen LogP contribution < -0.4 is 5.73 Å². The molecule has 1 aromatic heterocycles. The molecule has 1 aromatic rings. The predicted octanol–water partition coefficient (Wildman–Crippen LogP) is 2.00. The van der Waals surface area contributed by atoms with Crippen LogP contribution in [0, 0.1) is 12.8 Å². The van der Waals surface area contributed by atoms with Gasteiger partial charge in [0.05, 0.1) is 6.54 Å². The van der Waals surface area contributed by atoms with Gasteiger partial charge in [0.1, 0.15) is 16.4 Å². The Bertz CT molecular complexity index is 594. The molecule has 0 bridgehead atoms. The van der Waals surface area contributed by atoms with E-state index in [0.29, 0.717) is 28.9 Å². The Balaban J connectivity index is 1.96. The van der Waals surface area contributed by atoms with E-state index in [-0.39, 0.29) is 12.6 Å². The number of sulfonamides is 1. The number of hydrogen-bond donors (Lipinski definition) is 1. The molecule has 0 amide bonds. The first-order valence-corrected chi connectivity index (χ1v) is 8.79. The quantitative estimate of drug-likeness (QED) is 0.926. The van der Waals surface area contributed by atoms with Crippen LogP contribution in [0.1, 0.15) is 43.6 Å². The van der Waals surface area contributed by atoms with Crippen LogP contribution in [0.2, 0.25) is 0 Å². The van der Waals surface area contributed by atoms with Crippen molar-refractivity contribution in [1.29, 1.82) is 0 Å². The van der Waals surface area contributed by atoms with Gasteiger partial charge in [-0.25, -0.2) is 8.42 Å². The van der Waals surface area contributed by atoms with Gasteiger partial charge in [-0.05, 0) is 38.5 Å². The molecule has 0 aromatic carbocycles. The van der Waals surface area contributed by atoms with Gasteiger partial charge in [-0.15, -0.1) is 0 Å². The second kappa shape index (κ2) is 5.16. The normalized spacial score (nSPS) is 27.7. The SMILES string of the molecule is Cc1oc(CN)cc1S(=O)(=O)N1CCCC2CCCC21. The molecular formula is C14H22N2O3S. The van der Waals surface area contributed by atoms with Gasteiger partial charge in [0.25, 0.3) is 0 Å². The molecule has 1 aliphatic carbocycles. The van der Waals surface area contributed by atoms with Crippen molar-refractivity contribution in [2.24, 2.45) is 11.7 Å². The Morgan fingerprint density at radius 1 is 1.35 bits per heavy atom. The molecule has 2 heterocycles. The van der Waals surface area contributed by atoms with Crippen molar-refractivity contribution >= 4 is 10.0 Å². The van der Waals surface area contributed by atoms with Gasteiger partial charge in [0, 0.05) is 18.7 Å². The summed E-state index contributed by atoms with van der Waals surface area (Å²) in [7, 11) is -3.45. The van der Waals surface area contributed by atoms with E-state index >= 15 is 0 Å². The smallest absolute Gasteiger partial charge is 0.246 e. The zero-order valence-corrected chi connectivity index (χ0v) is 12.7. The van der Waals surface area contributed by atoms with Gasteiger partial charge in [0.2, 0.25) is 10.0 Å². The lowest BCUT2D eigenvalue weighted by Gasteiger charge is -2.36. The van der Waals surface area contributed by atoms with E-state index in [9.17, 15) is 8.42 Å². The third kappa shape index (κ3) is 2.19. The highest BCUT2D eigenvalue weighted by molar-refractivity contribution is 7.89. The molecule has 1 aliphatic heterocycles. The van der Waals surface area contributed by atoms with Crippen molar-refractivity contribution in [3.63, 3.8) is 0 Å². The number of nitrogens with two attached hydrogens (primary N) is 1. The highest BCUT2D eigenvalue weighted by Gasteiger charge is 2.42. The lowest BCUT2D eigenvalue weighted by Crippen LogP contribution is -2.46. The molecule has 2 unspecified atom stereocenters. The summed E-state index contributed by atoms with van der Waals surface area (Å²) in [4.78, 5) is 0.297. The van der Waals surface area contributed by atoms with Gasteiger partial charge in [-0.1, -0.05) is 6.42 Å². The van der Waals surface area contributed by atoms with E-state index < -0.39 is 10.0 Å². The second-order valence-electron chi connectivity index (χ2n) is 5.85. The zero-order valence-electron chi connectivity index (χ0n) is 11.8. The maximum Gasteiger partial charge on any atom is 0.246 e. The van der Waals surface area contributed by atoms with E-state index in [4.69, 9.17) is 10.2 Å². The summed E-state index contributed by atoms with van der Waals surface area (Å²) in [5, 5.41) is 0. The number of fused-ring (bicyclic) bond motifs is 1. The Hall–Kier alpha value is -0.850. The van der Waals surface area contributed by atoms with Crippen molar-refractivity contribution in [1.82, 2.24) is 4.31 Å². The average molecular weight is 298 g/mol. The highest BCUT2D eigenvalue weighted by Crippen LogP contribution is 2.40. The number of furan rings is 1. The maximum atomic E-state index is 12.9. The summed E-state index contributed by atoms with van der Waals surface area (Å²) in [6.07, 6.45) is 5.41. The molecular weight excluding hydrogens is 276 g/mol. The van der Waals surface area contributed by atoms with Crippen LogP contribution in [0.4, 0.5) is 0 Å². The molecule has 1 saturated carbocycles. The standard InChI is InChI=1S/C14H22N2O3S/c1-10-14(8-12(9-15)19-10)20(17,18)16-7-3-5-11-4-2-6-13(11)16/h8,11,13H,2-7,9,15H2,1H3. The van der Waals surface area contributed by atoms with E-state index in [0.717, 1.165) is 32.1 Å². The van der Waals surface area contributed by atoms with Gasteiger partial charge in [0.15, 0.2) is 0 Å². The van der Waals surface area contributed by atoms with Crippen molar-refractivity contribution in [3.8, 4) is 0 Å². The Morgan fingerprint density at radius 2 is 2.10 bits per heavy atom. The Kier molecular flexibility index (Phi) is 3.64. The topological polar surface area (TPSA) is 76.5 Å². The van der Waals surface area contributed by atoms with Crippen LogP contribution in [0.25, 0.3) is 0 Å². The Labute approximate surface area is 120 Å². The summed E-state index contributed by atoms with van der Waals surface area (Å²) < 4.78 is 32.9. The van der Waals surface area contributed by atoms with Gasteiger partial charge in [-0.3, -0.25) is 0 Å². The van der Waals surface area contributed by atoms with E-state index in [2.05, 4.69) is 0 Å². The van der Waals surface area contributed by atoms with Crippen LogP contribution in [0.5, 0.6) is 0 Å². The van der Waals surface area contributed by atoms with Gasteiger partial charge in [-0.2, -0.15) is 4.31 Å².